The van der Waals surface area contributed by atoms with Gasteiger partial charge in [-0.1, -0.05) is 36.4 Å². The van der Waals surface area contributed by atoms with Crippen molar-refractivity contribution in [2.75, 3.05) is 0 Å². The number of ketones is 2. The summed E-state index contributed by atoms with van der Waals surface area (Å²) in [5, 5.41) is 88.2. The molecule has 11 heteroatoms. The van der Waals surface area contributed by atoms with E-state index in [0.29, 0.717) is 5.56 Å². The average Bonchev–Trinajstić information content (AvgIpc) is 2.80. The molecule has 0 aliphatic heterocycles. The number of Topliss-reactive ketones (excluding diaryl/α,β-unsaturated/α-hetero) is 2. The highest BCUT2D eigenvalue weighted by atomic mass is 16.4. The zero-order valence-corrected chi connectivity index (χ0v) is 19.3. The fraction of sp³-hybridized carbons (Fsp3) is 0.269. The van der Waals surface area contributed by atoms with Crippen LogP contribution in [-0.4, -0.2) is 75.2 Å². The third-order valence-electron chi connectivity index (χ3n) is 7.75. The zero-order chi connectivity index (χ0) is 27.3. The van der Waals surface area contributed by atoms with Crippen LogP contribution in [0.15, 0.2) is 59.4 Å². The number of fused-ring (bicyclic) bond motifs is 3. The molecule has 2 aromatic rings. The summed E-state index contributed by atoms with van der Waals surface area (Å²) in [6.45, 7) is 1.06. The number of aromatic hydroxyl groups is 1. The summed E-state index contributed by atoms with van der Waals surface area (Å²) in [5.41, 5.74) is -14.2. The summed E-state index contributed by atoms with van der Waals surface area (Å²) in [7, 11) is 0. The lowest BCUT2D eigenvalue weighted by Crippen LogP contribution is -2.75. The van der Waals surface area contributed by atoms with Crippen molar-refractivity contribution in [1.82, 2.24) is 0 Å². The molecule has 192 valence electrons. The molecule has 37 heavy (non-hydrogen) atoms. The Bertz CT molecular complexity index is 1490. The summed E-state index contributed by atoms with van der Waals surface area (Å²) in [5.74, 6) is -8.40. The Morgan fingerprint density at radius 2 is 1.54 bits per heavy atom. The smallest absolute Gasteiger partial charge is 0.342 e. The molecule has 4 atom stereocenters. The highest BCUT2D eigenvalue weighted by molar-refractivity contribution is 6.22. The second-order valence-electron chi connectivity index (χ2n) is 9.78. The molecule has 0 heterocycles. The van der Waals surface area contributed by atoms with Crippen molar-refractivity contribution in [1.29, 1.82) is 0 Å². The molecule has 11 nitrogen and oxygen atoms in total. The van der Waals surface area contributed by atoms with Gasteiger partial charge in [-0.3, -0.25) is 9.59 Å². The standard InChI is InChI=1S/C26H22O11/c1-23(34)17-12(11-5-3-2-4-6-11)7-8-13(27)15(17)19(29)18-21(31)26(37)20(30)16(22(32)33)14(28)9-24(26,35)10-25(18,23)36/h2-8,27,29-30,34-37H,9-10H2,1H3,(H,32,33)/t23?,24-,25+,26+/m1/s1. The van der Waals surface area contributed by atoms with Crippen LogP contribution in [0, 0.1) is 0 Å². The second kappa shape index (κ2) is 7.26. The molecule has 2 aromatic carbocycles. The van der Waals surface area contributed by atoms with E-state index >= 15 is 0 Å². The van der Waals surface area contributed by atoms with Crippen molar-refractivity contribution in [2.45, 2.75) is 42.2 Å². The Morgan fingerprint density at radius 3 is 2.14 bits per heavy atom. The highest BCUT2D eigenvalue weighted by Gasteiger charge is 2.75. The lowest BCUT2D eigenvalue weighted by Gasteiger charge is -2.57. The molecule has 1 saturated carbocycles. The highest BCUT2D eigenvalue weighted by Crippen LogP contribution is 2.61. The molecule has 3 aliphatic rings. The van der Waals surface area contributed by atoms with Gasteiger partial charge in [0.1, 0.15) is 33.9 Å². The molecule has 8 N–H and O–H groups in total. The molecule has 1 unspecified atom stereocenters. The number of aliphatic carboxylic acids is 1. The summed E-state index contributed by atoms with van der Waals surface area (Å²) in [6, 6.07) is 11.0. The predicted molar refractivity (Wildman–Crippen MR) is 124 cm³/mol. The van der Waals surface area contributed by atoms with Gasteiger partial charge in [0.05, 0.1) is 11.1 Å². The number of aliphatic hydroxyl groups is 6. The van der Waals surface area contributed by atoms with Gasteiger partial charge in [-0.05, 0) is 24.1 Å². The quantitative estimate of drug-likeness (QED) is 0.262. The Kier molecular flexibility index (Phi) is 4.84. The number of carboxylic acid groups (broad SMARTS) is 1. The number of rotatable bonds is 2. The van der Waals surface area contributed by atoms with Crippen molar-refractivity contribution in [3.63, 3.8) is 0 Å². The monoisotopic (exact) mass is 510 g/mol. The minimum absolute atomic E-state index is 0.211. The molecule has 0 amide bonds. The molecule has 3 aliphatic carbocycles. The number of aliphatic hydroxyl groups excluding tert-OH is 2. The molecule has 0 aromatic heterocycles. The Morgan fingerprint density at radius 1 is 0.919 bits per heavy atom. The lowest BCUT2D eigenvalue weighted by molar-refractivity contribution is -0.228. The van der Waals surface area contributed by atoms with Gasteiger partial charge in [-0.2, -0.15) is 0 Å². The minimum atomic E-state index is -3.47. The van der Waals surface area contributed by atoms with E-state index in [9.17, 15) is 55.2 Å². The average molecular weight is 510 g/mol. The first kappa shape index (κ1) is 24.7. The molecular formula is C26H22O11. The zero-order valence-electron chi connectivity index (χ0n) is 19.3. The van der Waals surface area contributed by atoms with Crippen molar-refractivity contribution >= 4 is 23.3 Å². The van der Waals surface area contributed by atoms with E-state index < -0.39 is 86.8 Å². The molecule has 5 rings (SSSR count). The molecule has 0 spiro atoms. The van der Waals surface area contributed by atoms with Crippen LogP contribution in [0.5, 0.6) is 5.75 Å². The molecule has 1 fully saturated rings. The van der Waals surface area contributed by atoms with Crippen LogP contribution < -0.4 is 0 Å². The summed E-state index contributed by atoms with van der Waals surface area (Å²) >= 11 is 0. The van der Waals surface area contributed by atoms with Crippen molar-refractivity contribution in [3.05, 3.63) is 70.5 Å². The number of carbonyl (C=O) groups is 3. The molecular weight excluding hydrogens is 488 g/mol. The van der Waals surface area contributed by atoms with Crippen LogP contribution in [0.25, 0.3) is 16.9 Å². The maximum atomic E-state index is 13.7. The fourth-order valence-corrected chi connectivity index (χ4v) is 5.87. The number of hydrogen-bond donors (Lipinski definition) is 8. The summed E-state index contributed by atoms with van der Waals surface area (Å²) in [6.07, 6.45) is -2.38. The number of benzene rings is 2. The first-order valence-electron chi connectivity index (χ1n) is 11.1. The van der Waals surface area contributed by atoms with Gasteiger partial charge >= 0.3 is 5.97 Å². The third-order valence-corrected chi connectivity index (χ3v) is 7.75. The van der Waals surface area contributed by atoms with E-state index in [4.69, 9.17) is 0 Å². The maximum Gasteiger partial charge on any atom is 0.342 e. The number of phenolic OH excluding ortho intramolecular Hbond substituents is 1. The number of hydrogen-bond acceptors (Lipinski definition) is 10. The van der Waals surface area contributed by atoms with Gasteiger partial charge in [0.2, 0.25) is 11.4 Å². The summed E-state index contributed by atoms with van der Waals surface area (Å²) in [4.78, 5) is 37.8. The third kappa shape index (κ3) is 2.76. The number of carbonyl (C=O) groups excluding carboxylic acids is 2. The SMILES string of the molecule is CC1(O)c2c(-c3ccccc3)ccc(O)c2C(O)=C2C(=O)[C@@]3(O)C(O)=C(C(=O)O)C(=O)C[C@@]3(O)C[C@]21O. The van der Waals surface area contributed by atoms with Gasteiger partial charge in [0, 0.05) is 18.4 Å². The van der Waals surface area contributed by atoms with Gasteiger partial charge in [0.15, 0.2) is 11.5 Å². The first-order chi connectivity index (χ1) is 17.1. The predicted octanol–water partition coefficient (Wildman–Crippen LogP) is 0.585. The number of carboxylic acids is 1. The van der Waals surface area contributed by atoms with E-state index in [1.165, 1.54) is 12.1 Å². The normalized spacial score (nSPS) is 33.1. The van der Waals surface area contributed by atoms with Crippen LogP contribution in [0.1, 0.15) is 30.9 Å². The Hall–Kier alpha value is -4.03. The first-order valence-corrected chi connectivity index (χ1v) is 11.1. The second-order valence-corrected chi connectivity index (χ2v) is 9.78. The van der Waals surface area contributed by atoms with Crippen LogP contribution in [0.2, 0.25) is 0 Å². The lowest BCUT2D eigenvalue weighted by atomic mass is 9.51. The largest absolute Gasteiger partial charge is 0.508 e. The van der Waals surface area contributed by atoms with Crippen molar-refractivity contribution in [3.8, 4) is 16.9 Å². The number of phenols is 1. The van der Waals surface area contributed by atoms with Gasteiger partial charge < -0.3 is 40.9 Å². The van der Waals surface area contributed by atoms with E-state index in [-0.39, 0.29) is 11.1 Å². The minimum Gasteiger partial charge on any atom is -0.508 e. The van der Waals surface area contributed by atoms with E-state index in [0.717, 1.165) is 6.92 Å². The van der Waals surface area contributed by atoms with E-state index in [2.05, 4.69) is 0 Å². The van der Waals surface area contributed by atoms with Gasteiger partial charge in [0.25, 0.3) is 0 Å². The molecule has 0 radical (unpaired) electrons. The van der Waals surface area contributed by atoms with Crippen molar-refractivity contribution < 1.29 is 55.2 Å². The fourth-order valence-electron chi connectivity index (χ4n) is 5.87. The Labute approximate surface area is 208 Å². The van der Waals surface area contributed by atoms with E-state index in [1.54, 1.807) is 30.3 Å². The van der Waals surface area contributed by atoms with Crippen LogP contribution >= 0.6 is 0 Å². The van der Waals surface area contributed by atoms with E-state index in [1.807, 2.05) is 0 Å². The van der Waals surface area contributed by atoms with Crippen LogP contribution in [0.4, 0.5) is 0 Å². The van der Waals surface area contributed by atoms with Crippen molar-refractivity contribution in [2.24, 2.45) is 0 Å². The molecule has 0 bridgehead atoms. The van der Waals surface area contributed by atoms with Gasteiger partial charge in [-0.25, -0.2) is 4.79 Å². The van der Waals surface area contributed by atoms with Crippen LogP contribution in [-0.2, 0) is 20.0 Å². The summed E-state index contributed by atoms with van der Waals surface area (Å²) < 4.78 is 0. The topological polar surface area (TPSA) is 213 Å². The Balaban J connectivity index is 1.88. The van der Waals surface area contributed by atoms with Crippen LogP contribution in [0.3, 0.4) is 0 Å². The maximum absolute atomic E-state index is 13.7. The van der Waals surface area contributed by atoms with Gasteiger partial charge in [-0.15, -0.1) is 0 Å². The molecule has 0 saturated heterocycles.